The Hall–Kier alpha value is -1.14. The fourth-order valence-electron chi connectivity index (χ4n) is 2.25. The lowest BCUT2D eigenvalue weighted by Gasteiger charge is -2.32. The van der Waals surface area contributed by atoms with Crippen LogP contribution in [0.4, 0.5) is 6.01 Å². The van der Waals surface area contributed by atoms with E-state index in [-0.39, 0.29) is 12.6 Å². The first-order chi connectivity index (χ1) is 8.85. The van der Waals surface area contributed by atoms with Gasteiger partial charge in [-0.2, -0.15) is 0 Å². The van der Waals surface area contributed by atoms with Gasteiger partial charge in [0, 0.05) is 6.54 Å². The lowest BCUT2D eigenvalue weighted by Crippen LogP contribution is -2.42. The van der Waals surface area contributed by atoms with Crippen LogP contribution in [0.25, 0.3) is 0 Å². The van der Waals surface area contributed by atoms with Crippen LogP contribution in [0.3, 0.4) is 0 Å². The molecule has 2 heterocycles. The number of aromatic nitrogens is 2. The summed E-state index contributed by atoms with van der Waals surface area (Å²) in [5, 5.41) is 20.7. The summed E-state index contributed by atoms with van der Waals surface area (Å²) < 4.78 is 5.63. The van der Waals surface area contributed by atoms with E-state index in [0.29, 0.717) is 18.5 Å². The number of nitrogens with one attached hydrogen (secondary N) is 1. The molecule has 18 heavy (non-hydrogen) atoms. The molecule has 0 aliphatic carbocycles. The van der Waals surface area contributed by atoms with Gasteiger partial charge in [0.1, 0.15) is 0 Å². The van der Waals surface area contributed by atoms with Crippen LogP contribution in [0.15, 0.2) is 4.42 Å². The second-order valence-electron chi connectivity index (χ2n) is 4.68. The zero-order valence-corrected chi connectivity index (χ0v) is 10.9. The van der Waals surface area contributed by atoms with Gasteiger partial charge in [-0.1, -0.05) is 12.0 Å². The molecule has 1 atom stereocenters. The van der Waals surface area contributed by atoms with Crippen molar-refractivity contribution in [1.29, 1.82) is 0 Å². The molecule has 1 fully saturated rings. The Morgan fingerprint density at radius 3 is 3.11 bits per heavy atom. The van der Waals surface area contributed by atoms with Gasteiger partial charge >= 0.3 is 6.01 Å². The molecule has 6 heteroatoms. The molecule has 1 aromatic heterocycles. The van der Waals surface area contributed by atoms with Crippen molar-refractivity contribution in [3.05, 3.63) is 5.89 Å². The maximum Gasteiger partial charge on any atom is 0.318 e. The van der Waals surface area contributed by atoms with E-state index in [1.54, 1.807) is 0 Å². The monoisotopic (exact) mass is 254 g/mol. The zero-order chi connectivity index (χ0) is 12.8. The van der Waals surface area contributed by atoms with Crippen molar-refractivity contribution in [2.75, 3.05) is 24.6 Å². The summed E-state index contributed by atoms with van der Waals surface area (Å²) in [6.45, 7) is 4.70. The molecule has 0 radical (unpaired) electrons. The van der Waals surface area contributed by atoms with Crippen molar-refractivity contribution in [3.63, 3.8) is 0 Å². The number of hydrogen-bond donors (Lipinski definition) is 2. The highest BCUT2D eigenvalue weighted by Gasteiger charge is 2.25. The number of piperidine rings is 1. The first kappa shape index (κ1) is 13.3. The normalized spacial score (nSPS) is 20.3. The third kappa shape index (κ3) is 3.20. The predicted molar refractivity (Wildman–Crippen MR) is 68.4 cm³/mol. The third-order valence-electron chi connectivity index (χ3n) is 3.24. The van der Waals surface area contributed by atoms with Crippen molar-refractivity contribution >= 4 is 6.01 Å². The van der Waals surface area contributed by atoms with Gasteiger partial charge in [0.15, 0.2) is 0 Å². The maximum absolute atomic E-state index is 9.36. The molecule has 0 aromatic carbocycles. The van der Waals surface area contributed by atoms with Crippen LogP contribution >= 0.6 is 0 Å². The molecule has 1 aliphatic rings. The Morgan fingerprint density at radius 2 is 2.33 bits per heavy atom. The van der Waals surface area contributed by atoms with Crippen LogP contribution in [0.5, 0.6) is 0 Å². The van der Waals surface area contributed by atoms with Crippen molar-refractivity contribution < 1.29 is 9.52 Å². The molecule has 6 nitrogen and oxygen atoms in total. The second-order valence-corrected chi connectivity index (χ2v) is 4.68. The summed E-state index contributed by atoms with van der Waals surface area (Å²) in [7, 11) is 0. The molecule has 2 N–H and O–H groups in total. The lowest BCUT2D eigenvalue weighted by molar-refractivity contribution is 0.234. The summed E-state index contributed by atoms with van der Waals surface area (Å²) in [4.78, 5) is 2.03. The van der Waals surface area contributed by atoms with Crippen LogP contribution in [0.1, 0.15) is 38.5 Å². The summed E-state index contributed by atoms with van der Waals surface area (Å²) in [6, 6.07) is 0.665. The Bertz CT molecular complexity index is 356. The Kier molecular flexibility index (Phi) is 4.95. The molecule has 0 saturated carbocycles. The molecule has 0 spiro atoms. The molecule has 0 amide bonds. The largest absolute Gasteiger partial charge is 0.407 e. The molecular formula is C12H22N4O2. The van der Waals surface area contributed by atoms with Gasteiger partial charge in [0.05, 0.1) is 19.2 Å². The number of nitrogens with zero attached hydrogens (tertiary/aromatic N) is 3. The summed E-state index contributed by atoms with van der Waals surface area (Å²) in [5.41, 5.74) is 0. The molecule has 1 unspecified atom stereocenters. The van der Waals surface area contributed by atoms with E-state index >= 15 is 0 Å². The Morgan fingerprint density at radius 1 is 1.44 bits per heavy atom. The third-order valence-corrected chi connectivity index (χ3v) is 3.24. The van der Waals surface area contributed by atoms with E-state index in [9.17, 15) is 5.11 Å². The minimum absolute atomic E-state index is 0.121. The van der Waals surface area contributed by atoms with Gasteiger partial charge in [0.2, 0.25) is 5.89 Å². The minimum atomic E-state index is 0.121. The van der Waals surface area contributed by atoms with E-state index < -0.39 is 0 Å². The van der Waals surface area contributed by atoms with Crippen molar-refractivity contribution in [1.82, 2.24) is 15.5 Å². The summed E-state index contributed by atoms with van der Waals surface area (Å²) in [6.07, 6.45) is 4.34. The van der Waals surface area contributed by atoms with Crippen molar-refractivity contribution in [2.45, 2.75) is 45.2 Å². The van der Waals surface area contributed by atoms with Crippen LogP contribution in [0, 0.1) is 0 Å². The van der Waals surface area contributed by atoms with E-state index in [1.807, 2.05) is 4.90 Å². The topological polar surface area (TPSA) is 74.4 Å². The highest BCUT2D eigenvalue weighted by Crippen LogP contribution is 2.23. The average molecular weight is 254 g/mol. The maximum atomic E-state index is 9.36. The van der Waals surface area contributed by atoms with E-state index in [4.69, 9.17) is 4.42 Å². The minimum Gasteiger partial charge on any atom is -0.407 e. The number of anilines is 1. The van der Waals surface area contributed by atoms with Gasteiger partial charge in [-0.05, 0) is 32.2 Å². The van der Waals surface area contributed by atoms with Gasteiger partial charge in [-0.25, -0.2) is 0 Å². The van der Waals surface area contributed by atoms with Crippen LogP contribution in [0.2, 0.25) is 0 Å². The van der Waals surface area contributed by atoms with Gasteiger partial charge < -0.3 is 19.7 Å². The Balaban J connectivity index is 1.95. The van der Waals surface area contributed by atoms with Crippen molar-refractivity contribution in [2.24, 2.45) is 0 Å². The SMILES string of the molecule is CCCNCc1nnc(N2CCCCC2CO)o1. The smallest absolute Gasteiger partial charge is 0.318 e. The molecule has 102 valence electrons. The van der Waals surface area contributed by atoms with Gasteiger partial charge in [-0.15, -0.1) is 5.10 Å². The van der Waals surface area contributed by atoms with Crippen LogP contribution < -0.4 is 10.2 Å². The molecule has 1 saturated heterocycles. The van der Waals surface area contributed by atoms with Crippen molar-refractivity contribution in [3.8, 4) is 0 Å². The van der Waals surface area contributed by atoms with Crippen LogP contribution in [-0.4, -0.2) is 41.0 Å². The van der Waals surface area contributed by atoms with Gasteiger partial charge in [0.25, 0.3) is 0 Å². The number of aliphatic hydroxyl groups excluding tert-OH is 1. The molecule has 1 aliphatic heterocycles. The number of aliphatic hydroxyl groups is 1. The average Bonchev–Trinajstić information content (AvgIpc) is 2.88. The highest BCUT2D eigenvalue weighted by molar-refractivity contribution is 5.27. The first-order valence-corrected chi connectivity index (χ1v) is 6.75. The quantitative estimate of drug-likeness (QED) is 0.735. The van der Waals surface area contributed by atoms with E-state index in [1.165, 1.54) is 0 Å². The summed E-state index contributed by atoms with van der Waals surface area (Å²) in [5.74, 6) is 0.612. The fourth-order valence-corrected chi connectivity index (χ4v) is 2.25. The Labute approximate surface area is 107 Å². The highest BCUT2D eigenvalue weighted by atomic mass is 16.4. The van der Waals surface area contributed by atoms with Gasteiger partial charge in [-0.3, -0.25) is 0 Å². The zero-order valence-electron chi connectivity index (χ0n) is 10.9. The number of rotatable bonds is 6. The summed E-state index contributed by atoms with van der Waals surface area (Å²) >= 11 is 0. The number of hydrogen-bond acceptors (Lipinski definition) is 6. The molecule has 1 aromatic rings. The molecular weight excluding hydrogens is 232 g/mol. The first-order valence-electron chi connectivity index (χ1n) is 6.75. The molecule has 2 rings (SSSR count). The second kappa shape index (κ2) is 6.70. The standard InChI is InChI=1S/C12H22N4O2/c1-2-6-13-8-11-14-15-12(18-11)16-7-4-3-5-10(16)9-17/h10,13,17H,2-9H2,1H3. The van der Waals surface area contributed by atoms with E-state index in [0.717, 1.165) is 38.8 Å². The van der Waals surface area contributed by atoms with E-state index in [2.05, 4.69) is 22.4 Å². The molecule has 0 bridgehead atoms. The predicted octanol–water partition coefficient (Wildman–Crippen LogP) is 0.920. The van der Waals surface area contributed by atoms with Crippen LogP contribution in [-0.2, 0) is 6.54 Å². The lowest BCUT2D eigenvalue weighted by atomic mass is 10.0. The fraction of sp³-hybridized carbons (Fsp3) is 0.833.